The lowest BCUT2D eigenvalue weighted by molar-refractivity contribution is 0.0663. The highest BCUT2D eigenvalue weighted by Crippen LogP contribution is 2.56. The van der Waals surface area contributed by atoms with Crippen LogP contribution >= 0.6 is 0 Å². The second-order valence-corrected chi connectivity index (χ2v) is 19.0. The number of benzene rings is 3. The first-order chi connectivity index (χ1) is 32.1. The Morgan fingerprint density at radius 1 is 0.894 bits per heavy atom. The predicted octanol–water partition coefficient (Wildman–Crippen LogP) is 7.72. The molecular formula is C49H46F2N10O5. The van der Waals surface area contributed by atoms with Gasteiger partial charge in [0.2, 0.25) is 0 Å². The van der Waals surface area contributed by atoms with Crippen LogP contribution in [0.15, 0.2) is 87.3 Å². The van der Waals surface area contributed by atoms with E-state index in [0.29, 0.717) is 89.3 Å². The van der Waals surface area contributed by atoms with Crippen molar-refractivity contribution < 1.29 is 22.8 Å². The summed E-state index contributed by atoms with van der Waals surface area (Å²) in [5.74, 6) is -0.586. The number of halogens is 2. The summed E-state index contributed by atoms with van der Waals surface area (Å²) in [4.78, 5) is 47.4. The number of hydrogen-bond acceptors (Lipinski definition) is 8. The Hall–Kier alpha value is -6.88. The van der Waals surface area contributed by atoms with Gasteiger partial charge in [0.25, 0.3) is 5.91 Å². The van der Waals surface area contributed by atoms with E-state index in [1.165, 1.54) is 33.2 Å². The molecule has 66 heavy (non-hydrogen) atoms. The van der Waals surface area contributed by atoms with E-state index < -0.39 is 28.8 Å². The van der Waals surface area contributed by atoms with Crippen LogP contribution in [0, 0.1) is 17.6 Å². The van der Waals surface area contributed by atoms with Gasteiger partial charge in [0, 0.05) is 55.0 Å². The number of ether oxygens (including phenoxy) is 1. The van der Waals surface area contributed by atoms with Crippen LogP contribution in [0.3, 0.4) is 0 Å². The third kappa shape index (κ3) is 5.87. The van der Waals surface area contributed by atoms with Crippen molar-refractivity contribution in [2.45, 2.75) is 94.7 Å². The fraction of sp³-hybridized carbons (Fsp3) is 0.388. The molecule has 3 saturated carbocycles. The normalized spacial score (nSPS) is 22.2. The van der Waals surface area contributed by atoms with Gasteiger partial charge < -0.3 is 14.2 Å². The number of aromatic nitrogens is 9. The number of nitrogens with zero attached hydrogens (tertiary/aromatic N) is 9. The summed E-state index contributed by atoms with van der Waals surface area (Å²) in [6.07, 6.45) is 11.2. The Morgan fingerprint density at radius 2 is 1.68 bits per heavy atom. The van der Waals surface area contributed by atoms with Crippen molar-refractivity contribution >= 4 is 27.7 Å². The molecule has 3 aliphatic carbocycles. The molecule has 0 spiro atoms. The van der Waals surface area contributed by atoms with Crippen LogP contribution in [-0.2, 0) is 16.7 Å². The summed E-state index contributed by atoms with van der Waals surface area (Å²) < 4.78 is 50.7. The summed E-state index contributed by atoms with van der Waals surface area (Å²) in [5, 5.41) is 15.0. The molecule has 5 aromatic heterocycles. The number of H-pyrrole nitrogens is 1. The highest BCUT2D eigenvalue weighted by molar-refractivity contribution is 6.00. The molecule has 2 aliphatic heterocycles. The molecule has 1 N–H and O–H groups in total. The van der Waals surface area contributed by atoms with E-state index in [0.717, 1.165) is 49.4 Å². The molecule has 8 aromatic rings. The molecule has 13 rings (SSSR count). The summed E-state index contributed by atoms with van der Waals surface area (Å²) >= 11 is 0. The summed E-state index contributed by atoms with van der Waals surface area (Å²) in [6, 6.07) is 16.2. The van der Waals surface area contributed by atoms with Gasteiger partial charge in [-0.15, -0.1) is 0 Å². The molecule has 4 fully saturated rings. The highest BCUT2D eigenvalue weighted by Gasteiger charge is 2.59. The maximum absolute atomic E-state index is 16.4. The molecular weight excluding hydrogens is 847 g/mol. The first-order valence-electron chi connectivity index (χ1n) is 23.1. The highest BCUT2D eigenvalue weighted by atomic mass is 19.1. The second-order valence-electron chi connectivity index (χ2n) is 19.0. The van der Waals surface area contributed by atoms with E-state index in [2.05, 4.69) is 40.4 Å². The Kier molecular flexibility index (Phi) is 8.56. The van der Waals surface area contributed by atoms with Gasteiger partial charge in [-0.05, 0) is 129 Å². The Balaban J connectivity index is 0.948. The zero-order valence-electron chi connectivity index (χ0n) is 36.4. The Morgan fingerprint density at radius 3 is 2.42 bits per heavy atom. The van der Waals surface area contributed by atoms with Crippen molar-refractivity contribution in [3.63, 3.8) is 0 Å². The molecule has 1 saturated heterocycles. The summed E-state index contributed by atoms with van der Waals surface area (Å²) in [6.45, 7) is 5.70. The van der Waals surface area contributed by atoms with Crippen LogP contribution in [0.25, 0.3) is 39.0 Å². The van der Waals surface area contributed by atoms with Crippen LogP contribution in [0.5, 0.6) is 0 Å². The number of aromatic amines is 1. The molecule has 17 heteroatoms. The van der Waals surface area contributed by atoms with Crippen molar-refractivity contribution in [3.8, 4) is 17.2 Å². The van der Waals surface area contributed by atoms with E-state index in [1.54, 1.807) is 35.1 Å². The first-order valence-corrected chi connectivity index (χ1v) is 23.1. The quantitative estimate of drug-likeness (QED) is 0.155. The molecule has 7 heterocycles. The maximum atomic E-state index is 16.4. The lowest BCUT2D eigenvalue weighted by atomic mass is 9.91. The van der Waals surface area contributed by atoms with E-state index in [-0.39, 0.29) is 35.3 Å². The zero-order chi connectivity index (χ0) is 44.7. The van der Waals surface area contributed by atoms with Gasteiger partial charge in [-0.25, -0.2) is 23.1 Å². The minimum atomic E-state index is -0.841. The fourth-order valence-electron chi connectivity index (χ4n) is 11.1. The molecule has 5 aliphatic rings. The average molecular weight is 893 g/mol. The molecule has 1 amide bonds. The van der Waals surface area contributed by atoms with Crippen LogP contribution < -0.4 is 11.4 Å². The zero-order valence-corrected chi connectivity index (χ0v) is 36.4. The molecule has 3 atom stereocenters. The van der Waals surface area contributed by atoms with Crippen LogP contribution in [-0.4, -0.2) is 74.0 Å². The van der Waals surface area contributed by atoms with E-state index in [9.17, 15) is 9.59 Å². The lowest BCUT2D eigenvalue weighted by Gasteiger charge is -2.34. The number of nitrogens with one attached hydrogen (secondary N) is 1. The van der Waals surface area contributed by atoms with E-state index in [1.807, 2.05) is 27.1 Å². The van der Waals surface area contributed by atoms with Gasteiger partial charge in [0.15, 0.2) is 11.6 Å². The molecule has 3 unspecified atom stereocenters. The Bertz CT molecular complexity index is 3430. The number of amides is 1. The lowest BCUT2D eigenvalue weighted by Crippen LogP contribution is -2.41. The van der Waals surface area contributed by atoms with Gasteiger partial charge in [-0.2, -0.15) is 10.2 Å². The summed E-state index contributed by atoms with van der Waals surface area (Å²) in [7, 11) is 0. The van der Waals surface area contributed by atoms with Gasteiger partial charge in [-0.1, -0.05) is 18.1 Å². The smallest absolute Gasteiger partial charge is 0.381 e. The van der Waals surface area contributed by atoms with Gasteiger partial charge >= 0.3 is 11.4 Å². The molecule has 0 radical (unpaired) electrons. The minimum Gasteiger partial charge on any atom is -0.381 e. The molecule has 15 nitrogen and oxygen atoms in total. The first kappa shape index (κ1) is 39.5. The number of fused-ring (bicyclic) bond motifs is 3. The minimum absolute atomic E-state index is 0.0119. The fourth-order valence-corrected chi connectivity index (χ4v) is 11.1. The van der Waals surface area contributed by atoms with E-state index >= 15 is 13.6 Å². The number of carbonyl (C=O) groups excluding carboxylic acids is 1. The van der Waals surface area contributed by atoms with Crippen LogP contribution in [0.2, 0.25) is 0 Å². The van der Waals surface area contributed by atoms with Crippen molar-refractivity contribution in [1.82, 2.24) is 48.3 Å². The van der Waals surface area contributed by atoms with Gasteiger partial charge in [-0.3, -0.25) is 28.1 Å². The number of rotatable bonds is 9. The van der Waals surface area contributed by atoms with Crippen molar-refractivity contribution in [2.24, 2.45) is 5.92 Å². The maximum Gasteiger partial charge on any atom is 0.438 e. The largest absolute Gasteiger partial charge is 0.438 e. The topological polar surface area (TPSA) is 156 Å². The van der Waals surface area contributed by atoms with Crippen LogP contribution in [0.4, 0.5) is 8.78 Å². The van der Waals surface area contributed by atoms with Gasteiger partial charge in [0.05, 0.1) is 46.3 Å². The SMILES string of the molecule is CC1c2c(nn(-c3ccc(F)c(C4CC4)c3)c2-n2ccn(-c3ccc4c(cnn4C4CC4)c3F)c2=O)CCN1C(=O)c1cc2cc(C3CCOCC3)ccc2n1C1(c2noc(=O)[nH]2)CC1C. The van der Waals surface area contributed by atoms with Crippen molar-refractivity contribution in [3.05, 3.63) is 140 Å². The van der Waals surface area contributed by atoms with Crippen LogP contribution in [0.1, 0.15) is 121 Å². The molecule has 3 aromatic carbocycles. The van der Waals surface area contributed by atoms with Crippen molar-refractivity contribution in [2.75, 3.05) is 19.8 Å². The molecule has 336 valence electrons. The second kappa shape index (κ2) is 14.3. The molecule has 0 bridgehead atoms. The van der Waals surface area contributed by atoms with Crippen molar-refractivity contribution in [1.29, 1.82) is 0 Å². The Labute approximate surface area is 375 Å². The predicted molar refractivity (Wildman–Crippen MR) is 238 cm³/mol. The number of carbonyl (C=O) groups is 1. The third-order valence-electron chi connectivity index (χ3n) is 15.1. The standard InChI is InChI=1S/C49H46F2N10O5/c1-26-24-49(26,46-53-47(63)66-55-46)59-38-10-5-30(28-14-19-65-20-15-28)21-31(38)22-41(59)45(62)56-16-13-37-42(27(56)2)44(61(54-37)33-8-9-36(50)34(23-33)29-3-4-29)58-18-17-57(48(58)64)40-12-11-39-35(43(40)51)25-52-60(39)32-6-7-32/h5,8-12,17-18,21-23,25-29,32H,3-4,6-7,13-16,19-20,24H2,1-2H3,(H,53,55,63). The summed E-state index contributed by atoms with van der Waals surface area (Å²) in [5.41, 5.74) is 4.31. The number of hydrogen-bond donors (Lipinski definition) is 1. The van der Waals surface area contributed by atoms with E-state index in [4.69, 9.17) is 14.4 Å². The monoisotopic (exact) mass is 892 g/mol. The number of imidazole rings is 1. The average Bonchev–Trinajstić information content (AvgIpc) is 4.26. The van der Waals surface area contributed by atoms with Gasteiger partial charge in [0.1, 0.15) is 22.9 Å². The third-order valence-corrected chi connectivity index (χ3v) is 15.1.